The number of pyridine rings is 1. The highest BCUT2D eigenvalue weighted by atomic mass is 16.5. The fourth-order valence-electron chi connectivity index (χ4n) is 3.84. The number of benzene rings is 2. The maximum Gasteiger partial charge on any atom is 0.136 e. The van der Waals surface area contributed by atoms with Gasteiger partial charge in [-0.3, -0.25) is 0 Å². The van der Waals surface area contributed by atoms with Crippen LogP contribution in [0.15, 0.2) is 66.9 Å². The number of nitrogens with zero attached hydrogens (tertiary/aromatic N) is 2. The minimum absolute atomic E-state index is 0.277. The normalized spacial score (nSPS) is 15.1. The number of rotatable bonds is 7. The van der Waals surface area contributed by atoms with Crippen molar-refractivity contribution < 1.29 is 9.47 Å². The molecular formula is C25H29N3O2. The Bertz CT molecular complexity index is 956. The summed E-state index contributed by atoms with van der Waals surface area (Å²) >= 11 is 0. The molecule has 5 heteroatoms. The van der Waals surface area contributed by atoms with Crippen LogP contribution in [-0.4, -0.2) is 38.4 Å². The van der Waals surface area contributed by atoms with Crippen molar-refractivity contribution in [2.75, 3.05) is 38.3 Å². The van der Waals surface area contributed by atoms with Crippen molar-refractivity contribution in [3.05, 3.63) is 78.0 Å². The second kappa shape index (κ2) is 9.74. The lowest BCUT2D eigenvalue weighted by Gasteiger charge is -2.29. The Morgan fingerprint density at radius 2 is 1.83 bits per heavy atom. The summed E-state index contributed by atoms with van der Waals surface area (Å²) in [5, 5.41) is 3.63. The van der Waals surface area contributed by atoms with Crippen LogP contribution in [0.1, 0.15) is 24.1 Å². The van der Waals surface area contributed by atoms with Gasteiger partial charge in [-0.2, -0.15) is 0 Å². The highest BCUT2D eigenvalue weighted by Crippen LogP contribution is 2.36. The maximum absolute atomic E-state index is 5.70. The molecule has 30 heavy (non-hydrogen) atoms. The van der Waals surface area contributed by atoms with Crippen molar-refractivity contribution in [1.29, 1.82) is 0 Å². The molecule has 2 heterocycles. The summed E-state index contributed by atoms with van der Waals surface area (Å²) in [5.41, 5.74) is 4.66. The van der Waals surface area contributed by atoms with Gasteiger partial charge in [0.05, 0.1) is 20.3 Å². The summed E-state index contributed by atoms with van der Waals surface area (Å²) in [6.07, 6.45) is 1.85. The molecule has 3 aromatic rings. The average Bonchev–Trinajstić information content (AvgIpc) is 2.83. The zero-order valence-electron chi connectivity index (χ0n) is 17.7. The molecule has 1 aliphatic heterocycles. The van der Waals surface area contributed by atoms with Gasteiger partial charge in [0.15, 0.2) is 0 Å². The third-order valence-electron chi connectivity index (χ3n) is 5.56. The van der Waals surface area contributed by atoms with E-state index in [1.54, 1.807) is 7.11 Å². The lowest BCUT2D eigenvalue weighted by Crippen LogP contribution is -2.37. The number of ether oxygens (including phenoxy) is 2. The summed E-state index contributed by atoms with van der Waals surface area (Å²) in [5.74, 6) is 1.85. The van der Waals surface area contributed by atoms with Crippen LogP contribution in [0.5, 0.6) is 5.75 Å². The van der Waals surface area contributed by atoms with E-state index in [1.165, 1.54) is 11.1 Å². The van der Waals surface area contributed by atoms with Crippen LogP contribution in [0, 0.1) is 0 Å². The van der Waals surface area contributed by atoms with Gasteiger partial charge in [-0.05, 0) is 42.3 Å². The zero-order valence-corrected chi connectivity index (χ0v) is 17.7. The van der Waals surface area contributed by atoms with E-state index >= 15 is 0 Å². The second-order valence-corrected chi connectivity index (χ2v) is 7.52. The summed E-state index contributed by atoms with van der Waals surface area (Å²) < 4.78 is 11.2. The number of methoxy groups -OCH3 is 1. The van der Waals surface area contributed by atoms with E-state index in [9.17, 15) is 0 Å². The summed E-state index contributed by atoms with van der Waals surface area (Å²) in [6, 6.07) is 21.3. The van der Waals surface area contributed by atoms with Crippen molar-refractivity contribution in [2.24, 2.45) is 0 Å². The lowest BCUT2D eigenvalue weighted by molar-refractivity contribution is 0.122. The standard InChI is InChI=1S/C25H29N3O2/c1-19(21-7-4-3-5-8-21)27-18-20-10-11-24(29-2)23(17-20)22-9-6-12-26-25(22)28-13-15-30-16-14-28/h3-12,17,19,27H,13-16,18H2,1-2H3/t19-/m1/s1. The van der Waals surface area contributed by atoms with Crippen molar-refractivity contribution in [3.8, 4) is 16.9 Å². The fraction of sp³-hybridized carbons (Fsp3) is 0.320. The highest BCUT2D eigenvalue weighted by molar-refractivity contribution is 5.80. The quantitative estimate of drug-likeness (QED) is 0.632. The van der Waals surface area contributed by atoms with E-state index in [2.05, 4.69) is 65.7 Å². The molecule has 1 aromatic heterocycles. The molecule has 1 atom stereocenters. The van der Waals surface area contributed by atoms with Crippen molar-refractivity contribution >= 4 is 5.82 Å². The molecule has 1 aliphatic rings. The van der Waals surface area contributed by atoms with Gasteiger partial charge in [0.1, 0.15) is 11.6 Å². The first kappa shape index (κ1) is 20.4. The van der Waals surface area contributed by atoms with Crippen LogP contribution in [0.2, 0.25) is 0 Å². The largest absolute Gasteiger partial charge is 0.496 e. The van der Waals surface area contributed by atoms with E-state index in [4.69, 9.17) is 14.5 Å². The van der Waals surface area contributed by atoms with Gasteiger partial charge in [-0.1, -0.05) is 36.4 Å². The van der Waals surface area contributed by atoms with Gasteiger partial charge in [-0.25, -0.2) is 4.98 Å². The summed E-state index contributed by atoms with van der Waals surface area (Å²) in [4.78, 5) is 6.99. The second-order valence-electron chi connectivity index (χ2n) is 7.52. The first-order chi connectivity index (χ1) is 14.8. The Morgan fingerprint density at radius 1 is 1.03 bits per heavy atom. The first-order valence-corrected chi connectivity index (χ1v) is 10.5. The Balaban J connectivity index is 1.59. The molecule has 1 fully saturated rings. The summed E-state index contributed by atoms with van der Waals surface area (Å²) in [6.45, 7) is 6.13. The zero-order chi connectivity index (χ0) is 20.8. The molecule has 0 saturated carbocycles. The Kier molecular flexibility index (Phi) is 6.62. The van der Waals surface area contributed by atoms with Gasteiger partial charge in [-0.15, -0.1) is 0 Å². The number of anilines is 1. The third kappa shape index (κ3) is 4.64. The van der Waals surface area contributed by atoms with Gasteiger partial charge in [0.2, 0.25) is 0 Å². The van der Waals surface area contributed by atoms with Gasteiger partial charge >= 0.3 is 0 Å². The Morgan fingerprint density at radius 3 is 2.60 bits per heavy atom. The van der Waals surface area contributed by atoms with E-state index in [0.29, 0.717) is 0 Å². The van der Waals surface area contributed by atoms with Crippen molar-refractivity contribution in [2.45, 2.75) is 19.5 Å². The average molecular weight is 404 g/mol. The molecule has 2 aromatic carbocycles. The van der Waals surface area contributed by atoms with E-state index in [-0.39, 0.29) is 6.04 Å². The van der Waals surface area contributed by atoms with E-state index in [0.717, 1.165) is 55.5 Å². The molecule has 0 unspecified atom stereocenters. The van der Waals surface area contributed by atoms with Crippen LogP contribution in [0.25, 0.3) is 11.1 Å². The van der Waals surface area contributed by atoms with Crippen LogP contribution >= 0.6 is 0 Å². The highest BCUT2D eigenvalue weighted by Gasteiger charge is 2.19. The molecule has 5 nitrogen and oxygen atoms in total. The fourth-order valence-corrected chi connectivity index (χ4v) is 3.84. The predicted molar refractivity (Wildman–Crippen MR) is 121 cm³/mol. The van der Waals surface area contributed by atoms with Crippen molar-refractivity contribution in [3.63, 3.8) is 0 Å². The van der Waals surface area contributed by atoms with Crippen LogP contribution in [-0.2, 0) is 11.3 Å². The minimum Gasteiger partial charge on any atom is -0.496 e. The molecule has 0 amide bonds. The number of morpholine rings is 1. The van der Waals surface area contributed by atoms with Gasteiger partial charge < -0.3 is 19.7 Å². The molecular weight excluding hydrogens is 374 g/mol. The minimum atomic E-state index is 0.277. The lowest BCUT2D eigenvalue weighted by atomic mass is 10.0. The van der Waals surface area contributed by atoms with Crippen LogP contribution in [0.4, 0.5) is 5.82 Å². The molecule has 4 rings (SSSR count). The number of aromatic nitrogens is 1. The molecule has 1 N–H and O–H groups in total. The molecule has 0 bridgehead atoms. The van der Waals surface area contributed by atoms with Crippen LogP contribution < -0.4 is 15.0 Å². The van der Waals surface area contributed by atoms with Gasteiger partial charge in [0, 0.05) is 43.0 Å². The molecule has 0 spiro atoms. The molecule has 1 saturated heterocycles. The van der Waals surface area contributed by atoms with Crippen LogP contribution in [0.3, 0.4) is 0 Å². The predicted octanol–water partition coefficient (Wildman–Crippen LogP) is 4.44. The van der Waals surface area contributed by atoms with Crippen molar-refractivity contribution in [1.82, 2.24) is 10.3 Å². The smallest absolute Gasteiger partial charge is 0.136 e. The van der Waals surface area contributed by atoms with E-state index in [1.807, 2.05) is 18.3 Å². The monoisotopic (exact) mass is 403 g/mol. The maximum atomic E-state index is 5.70. The number of nitrogens with one attached hydrogen (secondary N) is 1. The summed E-state index contributed by atoms with van der Waals surface area (Å²) in [7, 11) is 1.72. The third-order valence-corrected chi connectivity index (χ3v) is 5.56. The molecule has 156 valence electrons. The molecule has 0 radical (unpaired) electrons. The topological polar surface area (TPSA) is 46.6 Å². The number of hydrogen-bond donors (Lipinski definition) is 1. The first-order valence-electron chi connectivity index (χ1n) is 10.5. The number of hydrogen-bond acceptors (Lipinski definition) is 5. The van der Waals surface area contributed by atoms with E-state index < -0.39 is 0 Å². The molecule has 0 aliphatic carbocycles. The Hall–Kier alpha value is -2.89. The van der Waals surface area contributed by atoms with Gasteiger partial charge in [0.25, 0.3) is 0 Å². The Labute approximate surface area is 178 Å². The SMILES string of the molecule is COc1ccc(CN[C@H](C)c2ccccc2)cc1-c1cccnc1N1CCOCC1.